The summed E-state index contributed by atoms with van der Waals surface area (Å²) in [5.41, 5.74) is 16.3. The Morgan fingerprint density at radius 3 is 2.38 bits per heavy atom. The lowest BCUT2D eigenvalue weighted by molar-refractivity contribution is -0.120. The van der Waals surface area contributed by atoms with Gasteiger partial charge in [-0.2, -0.15) is 4.98 Å². The summed E-state index contributed by atoms with van der Waals surface area (Å²) in [4.78, 5) is 55.1. The van der Waals surface area contributed by atoms with Gasteiger partial charge in [-0.1, -0.05) is 48.9 Å². The summed E-state index contributed by atoms with van der Waals surface area (Å²) >= 11 is 6.73. The molecule has 0 saturated carbocycles. The van der Waals surface area contributed by atoms with Crippen LogP contribution in [-0.2, 0) is 18.3 Å². The van der Waals surface area contributed by atoms with E-state index in [-0.39, 0.29) is 42.2 Å². The van der Waals surface area contributed by atoms with Crippen LogP contribution in [0.15, 0.2) is 110 Å². The number of halogens is 1. The van der Waals surface area contributed by atoms with Crippen LogP contribution in [0.4, 0.5) is 5.82 Å². The third-order valence-electron chi connectivity index (χ3n) is 11.0. The molecule has 324 valence electrons. The molecule has 4 aromatic carbocycles. The van der Waals surface area contributed by atoms with E-state index in [0.29, 0.717) is 59.1 Å². The quantitative estimate of drug-likeness (QED) is 0.0546. The SMILES string of the molecule is CCc1c(-c2ccc(C(=O)NCCC(=O)NCCCNC(=O)c3cc(Oc4nc5cc(-c6ccc7c(ccn7C)c6)c(Cl)cc5[nH]4)ccc3C)nc2)cnc(N)c1-c1ccc(O)cc1. The fraction of sp³-hybridized carbons (Fsp3) is 0.184. The maximum atomic E-state index is 13.2. The molecule has 0 unspecified atom stereocenters. The van der Waals surface area contributed by atoms with E-state index in [4.69, 9.17) is 22.1 Å². The average molecular weight is 876 g/mol. The van der Waals surface area contributed by atoms with Gasteiger partial charge in [0.15, 0.2) is 0 Å². The van der Waals surface area contributed by atoms with Crippen LogP contribution in [0, 0.1) is 6.92 Å². The molecule has 0 bridgehead atoms. The first kappa shape index (κ1) is 43.0. The lowest BCUT2D eigenvalue weighted by Crippen LogP contribution is -2.33. The molecule has 7 N–H and O–H groups in total. The Balaban J connectivity index is 0.780. The number of H-pyrrole nitrogens is 1. The number of fused-ring (bicyclic) bond motifs is 2. The zero-order valence-electron chi connectivity index (χ0n) is 35.5. The number of hydrogen-bond donors (Lipinski definition) is 6. The highest BCUT2D eigenvalue weighted by Gasteiger charge is 2.18. The number of phenols is 1. The predicted molar refractivity (Wildman–Crippen MR) is 250 cm³/mol. The van der Waals surface area contributed by atoms with E-state index in [1.165, 1.54) is 0 Å². The van der Waals surface area contributed by atoms with Gasteiger partial charge in [-0.3, -0.25) is 19.4 Å². The van der Waals surface area contributed by atoms with E-state index in [0.717, 1.165) is 55.4 Å². The zero-order chi connectivity index (χ0) is 44.9. The molecule has 0 saturated heterocycles. The van der Waals surface area contributed by atoms with Crippen molar-refractivity contribution < 1.29 is 24.2 Å². The van der Waals surface area contributed by atoms with Gasteiger partial charge < -0.3 is 41.1 Å². The van der Waals surface area contributed by atoms with Crippen LogP contribution < -0.4 is 26.4 Å². The first-order chi connectivity index (χ1) is 30.9. The van der Waals surface area contributed by atoms with E-state index < -0.39 is 5.91 Å². The molecule has 0 fully saturated rings. The largest absolute Gasteiger partial charge is 0.508 e. The number of rotatable bonds is 15. The number of aromatic amines is 1. The molecule has 0 radical (unpaired) electrons. The monoisotopic (exact) mass is 875 g/mol. The van der Waals surface area contributed by atoms with Crippen molar-refractivity contribution in [3.63, 3.8) is 0 Å². The second kappa shape index (κ2) is 18.7. The number of hydrogen-bond acceptors (Lipinski definition) is 9. The first-order valence-corrected chi connectivity index (χ1v) is 21.2. The fourth-order valence-electron chi connectivity index (χ4n) is 7.65. The lowest BCUT2D eigenvalue weighted by Gasteiger charge is -2.16. The summed E-state index contributed by atoms with van der Waals surface area (Å²) in [6.07, 6.45) is 6.57. The van der Waals surface area contributed by atoms with Crippen molar-refractivity contribution >= 4 is 57.1 Å². The third-order valence-corrected chi connectivity index (χ3v) is 11.4. The number of nitrogen functional groups attached to an aromatic ring is 1. The number of phenolic OH excluding ortho intramolecular Hbond substituents is 1. The number of carbonyl (C=O) groups is 3. The fourth-order valence-corrected chi connectivity index (χ4v) is 7.92. The summed E-state index contributed by atoms with van der Waals surface area (Å²) in [6, 6.07) is 27.8. The van der Waals surface area contributed by atoms with Gasteiger partial charge in [0, 0.05) is 90.4 Å². The number of aromatic nitrogens is 5. The molecule has 0 spiro atoms. The molecule has 8 rings (SSSR count). The number of pyridine rings is 2. The Labute approximate surface area is 373 Å². The summed E-state index contributed by atoms with van der Waals surface area (Å²) < 4.78 is 8.14. The minimum absolute atomic E-state index is 0.0725. The van der Waals surface area contributed by atoms with E-state index in [2.05, 4.69) is 58.7 Å². The first-order valence-electron chi connectivity index (χ1n) is 20.8. The topological polar surface area (TPSA) is 202 Å². The lowest BCUT2D eigenvalue weighted by atomic mass is 9.92. The van der Waals surface area contributed by atoms with Gasteiger partial charge in [-0.15, -0.1) is 0 Å². The van der Waals surface area contributed by atoms with Gasteiger partial charge in [0.2, 0.25) is 5.91 Å². The number of amides is 3. The van der Waals surface area contributed by atoms with Crippen LogP contribution in [-0.4, -0.2) is 67.0 Å². The Kier molecular flexibility index (Phi) is 12.6. The van der Waals surface area contributed by atoms with Crippen molar-refractivity contribution in [3.05, 3.63) is 137 Å². The van der Waals surface area contributed by atoms with Gasteiger partial charge >= 0.3 is 0 Å². The molecular weight excluding hydrogens is 830 g/mol. The van der Waals surface area contributed by atoms with Crippen LogP contribution in [0.2, 0.25) is 5.02 Å². The van der Waals surface area contributed by atoms with Crippen LogP contribution in [0.1, 0.15) is 51.7 Å². The Bertz CT molecular complexity index is 3030. The van der Waals surface area contributed by atoms with Crippen molar-refractivity contribution in [1.82, 2.24) is 40.5 Å². The third kappa shape index (κ3) is 9.37. The van der Waals surface area contributed by atoms with Crippen molar-refractivity contribution in [3.8, 4) is 50.9 Å². The minimum Gasteiger partial charge on any atom is -0.508 e. The molecule has 0 aliphatic heterocycles. The molecular formula is C49H46ClN9O5. The molecule has 4 aromatic heterocycles. The number of aromatic hydroxyl groups is 1. The van der Waals surface area contributed by atoms with Gasteiger partial charge in [0.25, 0.3) is 17.8 Å². The Morgan fingerprint density at radius 1 is 0.828 bits per heavy atom. The molecule has 0 aliphatic rings. The van der Waals surface area contributed by atoms with Gasteiger partial charge in [0.05, 0.1) is 16.1 Å². The van der Waals surface area contributed by atoms with Crippen LogP contribution >= 0.6 is 11.6 Å². The standard InChI is InChI=1S/C49H46ClN9O5/c1-4-35-38(27-56-46(51)45(35)29-7-11-33(60)12-8-29)32-9-14-40(55-26-32)48(63)54-20-16-44(61)52-18-5-19-53-47(62)36-23-34(13-6-28(36)2)64-49-57-41-24-37(39(50)25-42(41)58-49)30-10-15-43-31(22-30)17-21-59(43)3/h6-15,17,21-27,60H,4-5,16,18-20H2,1-3H3,(H2,51,56)(H,52,61)(H,53,62)(H,54,63)(H,57,58). The number of nitrogens with one attached hydrogen (secondary N) is 4. The Morgan fingerprint density at radius 2 is 1.59 bits per heavy atom. The summed E-state index contributed by atoms with van der Waals surface area (Å²) in [5, 5.41) is 19.9. The number of nitrogens with two attached hydrogens (primary N) is 1. The molecule has 4 heterocycles. The summed E-state index contributed by atoms with van der Waals surface area (Å²) in [5.74, 6) is 0.0577. The van der Waals surface area contributed by atoms with E-state index in [9.17, 15) is 19.5 Å². The number of anilines is 1. The van der Waals surface area contributed by atoms with Crippen LogP contribution in [0.5, 0.6) is 17.5 Å². The molecule has 15 heteroatoms. The van der Waals surface area contributed by atoms with Crippen molar-refractivity contribution in [2.24, 2.45) is 7.05 Å². The highest BCUT2D eigenvalue weighted by molar-refractivity contribution is 6.34. The molecule has 3 amide bonds. The second-order valence-corrected chi connectivity index (χ2v) is 15.8. The predicted octanol–water partition coefficient (Wildman–Crippen LogP) is 8.51. The molecule has 64 heavy (non-hydrogen) atoms. The highest BCUT2D eigenvalue weighted by Crippen LogP contribution is 2.37. The van der Waals surface area contributed by atoms with Crippen molar-refractivity contribution in [2.75, 3.05) is 25.4 Å². The summed E-state index contributed by atoms with van der Waals surface area (Å²) in [6.45, 7) is 4.65. The van der Waals surface area contributed by atoms with Gasteiger partial charge in [-0.25, -0.2) is 4.98 Å². The Hall–Kier alpha value is -7.71. The highest BCUT2D eigenvalue weighted by atomic mass is 35.5. The minimum atomic E-state index is -0.406. The molecule has 0 atom stereocenters. The number of imidazole rings is 1. The van der Waals surface area contributed by atoms with E-state index in [1.54, 1.807) is 60.9 Å². The molecule has 8 aromatic rings. The smallest absolute Gasteiger partial charge is 0.300 e. The van der Waals surface area contributed by atoms with Crippen molar-refractivity contribution in [2.45, 2.75) is 33.1 Å². The number of nitrogens with zero attached hydrogens (tertiary/aromatic N) is 4. The van der Waals surface area contributed by atoms with Crippen molar-refractivity contribution in [1.29, 1.82) is 0 Å². The normalized spacial score (nSPS) is 11.2. The van der Waals surface area contributed by atoms with E-state index >= 15 is 0 Å². The van der Waals surface area contributed by atoms with Crippen LogP contribution in [0.25, 0.3) is 55.3 Å². The second-order valence-electron chi connectivity index (χ2n) is 15.4. The average Bonchev–Trinajstić information content (AvgIpc) is 3.87. The summed E-state index contributed by atoms with van der Waals surface area (Å²) in [7, 11) is 2.01. The molecule has 0 aliphatic carbocycles. The van der Waals surface area contributed by atoms with Crippen LogP contribution in [0.3, 0.4) is 0 Å². The zero-order valence-corrected chi connectivity index (χ0v) is 36.2. The van der Waals surface area contributed by atoms with Gasteiger partial charge in [0.1, 0.15) is 23.0 Å². The number of carbonyl (C=O) groups excluding carboxylic acids is 3. The number of ether oxygens (including phenoxy) is 1. The maximum Gasteiger partial charge on any atom is 0.300 e. The maximum absolute atomic E-state index is 13.2. The molecule has 14 nitrogen and oxygen atoms in total. The number of aryl methyl sites for hydroxylation is 2. The van der Waals surface area contributed by atoms with Gasteiger partial charge in [-0.05, 0) is 103 Å². The number of benzene rings is 4. The van der Waals surface area contributed by atoms with E-state index in [1.807, 2.05) is 51.4 Å².